The van der Waals surface area contributed by atoms with Gasteiger partial charge in [0.2, 0.25) is 5.91 Å². The van der Waals surface area contributed by atoms with E-state index in [1.807, 2.05) is 11.1 Å². The van der Waals surface area contributed by atoms with E-state index < -0.39 is 5.60 Å². The van der Waals surface area contributed by atoms with Gasteiger partial charge in [-0.2, -0.15) is 0 Å². The van der Waals surface area contributed by atoms with Crippen molar-refractivity contribution in [2.75, 3.05) is 33.2 Å². The summed E-state index contributed by atoms with van der Waals surface area (Å²) in [5, 5.41) is 12.4. The molecule has 0 aliphatic carbocycles. The second-order valence-corrected chi connectivity index (χ2v) is 10.8. The zero-order chi connectivity index (χ0) is 24.5. The lowest BCUT2D eigenvalue weighted by molar-refractivity contribution is -0.131. The van der Waals surface area contributed by atoms with Gasteiger partial charge in [0.25, 0.3) is 0 Å². The fourth-order valence-electron chi connectivity index (χ4n) is 5.66. The molecule has 1 N–H and O–H groups in total. The van der Waals surface area contributed by atoms with Crippen LogP contribution in [0.15, 0.2) is 42.7 Å². The summed E-state index contributed by atoms with van der Waals surface area (Å²) in [4.78, 5) is 20.2. The highest BCUT2D eigenvalue weighted by Crippen LogP contribution is 2.50. The van der Waals surface area contributed by atoms with Crippen LogP contribution < -0.4 is 0 Å². The number of aliphatic hydroxyl groups is 1. The Morgan fingerprint density at radius 2 is 1.82 bits per heavy atom. The highest BCUT2D eigenvalue weighted by Gasteiger charge is 2.55. The number of rotatable bonds is 7. The number of hydrogen-bond acceptors (Lipinski definition) is 5. The number of benzene rings is 1. The molecule has 2 aliphatic rings. The summed E-state index contributed by atoms with van der Waals surface area (Å²) in [6, 6.07) is 10.5. The maximum absolute atomic E-state index is 12.4. The van der Waals surface area contributed by atoms with Gasteiger partial charge in [-0.1, -0.05) is 45.0 Å². The molecule has 0 bridgehead atoms. The van der Waals surface area contributed by atoms with E-state index in [1.165, 1.54) is 5.56 Å². The van der Waals surface area contributed by atoms with Gasteiger partial charge in [0.1, 0.15) is 5.60 Å². The monoisotopic (exact) mass is 465 g/mol. The third kappa shape index (κ3) is 4.77. The van der Waals surface area contributed by atoms with Crippen molar-refractivity contribution in [3.05, 3.63) is 65.0 Å². The molecule has 0 unspecified atom stereocenters. The van der Waals surface area contributed by atoms with Crippen LogP contribution >= 0.6 is 0 Å². The Morgan fingerprint density at radius 1 is 1.18 bits per heavy atom. The van der Waals surface area contributed by atoms with Crippen molar-refractivity contribution in [1.29, 1.82) is 0 Å². The van der Waals surface area contributed by atoms with Crippen molar-refractivity contribution >= 4 is 5.91 Å². The van der Waals surface area contributed by atoms with Gasteiger partial charge in [0.15, 0.2) is 0 Å². The maximum atomic E-state index is 12.4. The molecular formula is C28H39N3O3. The fraction of sp³-hybridized carbons (Fsp3) is 0.571. The van der Waals surface area contributed by atoms with Crippen molar-refractivity contribution < 1.29 is 14.6 Å². The molecule has 1 aromatic carbocycles. The van der Waals surface area contributed by atoms with E-state index in [9.17, 15) is 9.90 Å². The average molecular weight is 466 g/mol. The minimum Gasteiger partial charge on any atom is -0.380 e. The summed E-state index contributed by atoms with van der Waals surface area (Å²) < 4.78 is 6.19. The summed E-state index contributed by atoms with van der Waals surface area (Å²) in [5.41, 5.74) is 2.47. The Labute approximate surface area is 203 Å². The zero-order valence-corrected chi connectivity index (χ0v) is 21.3. The first-order valence-electron chi connectivity index (χ1n) is 12.5. The minimum absolute atomic E-state index is 0.131. The predicted molar refractivity (Wildman–Crippen MR) is 133 cm³/mol. The van der Waals surface area contributed by atoms with Gasteiger partial charge in [-0.25, -0.2) is 0 Å². The number of likely N-dealkylation sites (tertiary alicyclic amines) is 2. The normalized spacial score (nSPS) is 20.7. The minimum atomic E-state index is -1.15. The van der Waals surface area contributed by atoms with Gasteiger partial charge in [0, 0.05) is 56.5 Å². The molecule has 2 aromatic rings. The van der Waals surface area contributed by atoms with Gasteiger partial charge in [0.05, 0.1) is 12.7 Å². The molecule has 6 heteroatoms. The van der Waals surface area contributed by atoms with Crippen LogP contribution in [0.25, 0.3) is 0 Å². The molecule has 6 nitrogen and oxygen atoms in total. The predicted octanol–water partition coefficient (Wildman–Crippen LogP) is 3.92. The first-order valence-corrected chi connectivity index (χ1v) is 12.5. The Hall–Kier alpha value is -2.28. The molecule has 1 amide bonds. The molecule has 3 heterocycles. The van der Waals surface area contributed by atoms with Crippen LogP contribution in [0, 0.1) is 5.41 Å². The summed E-state index contributed by atoms with van der Waals surface area (Å²) in [6.45, 7) is 11.7. The number of amides is 1. The summed E-state index contributed by atoms with van der Waals surface area (Å²) >= 11 is 0. The van der Waals surface area contributed by atoms with Crippen molar-refractivity contribution in [2.45, 2.75) is 64.8 Å². The molecule has 1 aromatic heterocycles. The van der Waals surface area contributed by atoms with E-state index in [0.717, 1.165) is 55.7 Å². The molecule has 34 heavy (non-hydrogen) atoms. The average Bonchev–Trinajstić information content (AvgIpc) is 2.81. The number of ether oxygens (including phenoxy) is 1. The Morgan fingerprint density at radius 3 is 2.38 bits per heavy atom. The van der Waals surface area contributed by atoms with E-state index in [-0.39, 0.29) is 17.4 Å². The van der Waals surface area contributed by atoms with E-state index in [2.05, 4.69) is 68.0 Å². The first kappa shape index (κ1) is 24.8. The number of pyridine rings is 1. The van der Waals surface area contributed by atoms with Gasteiger partial charge < -0.3 is 19.6 Å². The number of nitrogens with zero attached hydrogens (tertiary/aromatic N) is 3. The number of aromatic nitrogens is 1. The number of carbonyl (C=O) groups is 1. The fourth-order valence-corrected chi connectivity index (χ4v) is 5.66. The second-order valence-electron chi connectivity index (χ2n) is 10.8. The van der Waals surface area contributed by atoms with E-state index in [0.29, 0.717) is 12.5 Å². The van der Waals surface area contributed by atoms with E-state index >= 15 is 0 Å². The molecule has 184 valence electrons. The molecule has 0 spiro atoms. The highest BCUT2D eigenvalue weighted by atomic mass is 16.5. The standard InChI is InChI=1S/C28H39N3O3/c1-20(2)23-6-8-24(9-7-23)28(33,27(4)18-30(5)19-27)25-14-22(15-29-16-25)17-34-26-10-12-31(13-11-26)21(3)32/h6-9,14-16,20,26,33H,10-13,17-19H2,1-5H3/t28-/m0/s1. The van der Waals surface area contributed by atoms with Crippen molar-refractivity contribution in [3.63, 3.8) is 0 Å². The largest absolute Gasteiger partial charge is 0.380 e. The lowest BCUT2D eigenvalue weighted by Gasteiger charge is -2.56. The van der Waals surface area contributed by atoms with Crippen molar-refractivity contribution in [1.82, 2.24) is 14.8 Å². The zero-order valence-electron chi connectivity index (χ0n) is 21.3. The second kappa shape index (κ2) is 9.76. The maximum Gasteiger partial charge on any atom is 0.219 e. The van der Waals surface area contributed by atoms with E-state index in [4.69, 9.17) is 4.74 Å². The first-order chi connectivity index (χ1) is 16.1. The topological polar surface area (TPSA) is 65.9 Å². The van der Waals surface area contributed by atoms with Gasteiger partial charge in [-0.3, -0.25) is 9.78 Å². The van der Waals surface area contributed by atoms with Crippen LogP contribution in [0.4, 0.5) is 0 Å². The molecule has 4 rings (SSSR count). The summed E-state index contributed by atoms with van der Waals surface area (Å²) in [7, 11) is 2.09. The quantitative estimate of drug-likeness (QED) is 0.671. The molecule has 1 atom stereocenters. The third-order valence-corrected chi connectivity index (χ3v) is 7.69. The Balaban J connectivity index is 1.56. The third-order valence-electron chi connectivity index (χ3n) is 7.69. The molecule has 2 saturated heterocycles. The molecular weight excluding hydrogens is 426 g/mol. The van der Waals surface area contributed by atoms with Gasteiger partial charge >= 0.3 is 0 Å². The van der Waals surface area contributed by atoms with Crippen LogP contribution in [0.2, 0.25) is 0 Å². The molecule has 0 radical (unpaired) electrons. The summed E-state index contributed by atoms with van der Waals surface area (Å²) in [5.74, 6) is 0.572. The molecule has 0 saturated carbocycles. The van der Waals surface area contributed by atoms with Crippen LogP contribution in [-0.2, 0) is 21.7 Å². The van der Waals surface area contributed by atoms with Crippen LogP contribution in [-0.4, -0.2) is 65.1 Å². The van der Waals surface area contributed by atoms with Crippen molar-refractivity contribution in [3.8, 4) is 0 Å². The lowest BCUT2D eigenvalue weighted by Crippen LogP contribution is -2.63. The lowest BCUT2D eigenvalue weighted by atomic mass is 9.62. The smallest absolute Gasteiger partial charge is 0.219 e. The van der Waals surface area contributed by atoms with Crippen LogP contribution in [0.3, 0.4) is 0 Å². The highest BCUT2D eigenvalue weighted by molar-refractivity contribution is 5.73. The van der Waals surface area contributed by atoms with Gasteiger partial charge in [-0.15, -0.1) is 0 Å². The summed E-state index contributed by atoms with van der Waals surface area (Å²) in [6.07, 6.45) is 5.46. The number of hydrogen-bond donors (Lipinski definition) is 1. The Bertz CT molecular complexity index is 992. The number of piperidine rings is 1. The molecule has 2 aliphatic heterocycles. The number of carbonyl (C=O) groups excluding carboxylic acids is 1. The molecule has 2 fully saturated rings. The van der Waals surface area contributed by atoms with E-state index in [1.54, 1.807) is 13.1 Å². The Kier molecular flexibility index (Phi) is 7.13. The van der Waals surface area contributed by atoms with Crippen LogP contribution in [0.5, 0.6) is 0 Å². The van der Waals surface area contributed by atoms with Crippen LogP contribution in [0.1, 0.15) is 68.7 Å². The van der Waals surface area contributed by atoms with Gasteiger partial charge in [-0.05, 0) is 48.6 Å². The SMILES string of the molecule is CC(=O)N1CCC(OCc2cncc([C@@](O)(c3ccc(C(C)C)cc3)C3(C)CN(C)C3)c2)CC1. The van der Waals surface area contributed by atoms with Crippen molar-refractivity contribution in [2.24, 2.45) is 5.41 Å².